The molecule has 0 saturated carbocycles. The van der Waals surface area contributed by atoms with Gasteiger partial charge in [-0.25, -0.2) is 9.99 Å². The Balaban J connectivity index is 1.72. The van der Waals surface area contributed by atoms with Gasteiger partial charge in [0.25, 0.3) is 5.91 Å². The summed E-state index contributed by atoms with van der Waals surface area (Å²) < 4.78 is 0. The quantitative estimate of drug-likeness (QED) is 0.843. The summed E-state index contributed by atoms with van der Waals surface area (Å²) in [6, 6.07) is -0.0204. The van der Waals surface area contributed by atoms with Crippen molar-refractivity contribution >= 4 is 28.9 Å². The van der Waals surface area contributed by atoms with Gasteiger partial charge in [0.15, 0.2) is 0 Å². The molecule has 6 nitrogen and oxygen atoms in total. The zero-order valence-electron chi connectivity index (χ0n) is 14.5. The molecule has 2 aliphatic rings. The number of aromatic nitrogens is 1. The molecule has 2 aliphatic heterocycles. The Bertz CT molecular complexity index is 667. The zero-order valence-corrected chi connectivity index (χ0v) is 15.3. The smallest absolute Gasteiger partial charge is 0.270 e. The Kier molecular flexibility index (Phi) is 4.99. The van der Waals surface area contributed by atoms with Crippen LogP contribution in [0.2, 0.25) is 0 Å². The zero-order chi connectivity index (χ0) is 17.3. The molecular weight excluding hydrogens is 324 g/mol. The lowest BCUT2D eigenvalue weighted by atomic mass is 9.98. The summed E-state index contributed by atoms with van der Waals surface area (Å²) in [5.74, 6) is 0.288. The van der Waals surface area contributed by atoms with Crippen molar-refractivity contribution < 1.29 is 9.59 Å². The molecule has 7 heteroatoms. The van der Waals surface area contributed by atoms with Crippen molar-refractivity contribution in [3.05, 3.63) is 16.1 Å². The van der Waals surface area contributed by atoms with Crippen LogP contribution in [0.15, 0.2) is 10.5 Å². The fraction of sp³-hybridized carbons (Fsp3) is 0.647. The Morgan fingerprint density at radius 2 is 2.17 bits per heavy atom. The second-order valence-electron chi connectivity index (χ2n) is 6.80. The van der Waals surface area contributed by atoms with Gasteiger partial charge in [0.2, 0.25) is 5.91 Å². The van der Waals surface area contributed by atoms with Gasteiger partial charge in [0.1, 0.15) is 5.71 Å². The molecule has 0 aliphatic carbocycles. The van der Waals surface area contributed by atoms with Gasteiger partial charge < -0.3 is 4.90 Å². The third-order valence-electron chi connectivity index (χ3n) is 4.49. The van der Waals surface area contributed by atoms with Crippen LogP contribution in [0.5, 0.6) is 0 Å². The van der Waals surface area contributed by atoms with Crippen LogP contribution >= 0.6 is 11.3 Å². The van der Waals surface area contributed by atoms with Crippen molar-refractivity contribution in [2.24, 2.45) is 5.10 Å². The maximum absolute atomic E-state index is 12.9. The number of carbonyl (C=O) groups is 2. The Labute approximate surface area is 146 Å². The molecule has 0 N–H and O–H groups in total. The summed E-state index contributed by atoms with van der Waals surface area (Å²) in [7, 11) is 0. The number of amides is 2. The summed E-state index contributed by atoms with van der Waals surface area (Å²) >= 11 is 1.68. The number of nitrogens with zero attached hydrogens (tertiary/aromatic N) is 4. The predicted octanol–water partition coefficient (Wildman–Crippen LogP) is 2.54. The Hall–Kier alpha value is -1.76. The summed E-state index contributed by atoms with van der Waals surface area (Å²) in [4.78, 5) is 31.2. The maximum atomic E-state index is 12.9. The number of aryl methyl sites for hydroxylation is 1. The lowest BCUT2D eigenvalue weighted by Gasteiger charge is -2.33. The van der Waals surface area contributed by atoms with Gasteiger partial charge in [-0.05, 0) is 33.6 Å². The second-order valence-corrected chi connectivity index (χ2v) is 7.69. The van der Waals surface area contributed by atoms with E-state index in [0.717, 1.165) is 30.1 Å². The molecule has 1 atom stereocenters. The minimum absolute atomic E-state index is 0.00340. The first-order chi connectivity index (χ1) is 11.5. The van der Waals surface area contributed by atoms with E-state index in [9.17, 15) is 9.59 Å². The normalized spacial score (nSPS) is 22.1. The summed E-state index contributed by atoms with van der Waals surface area (Å²) in [5, 5.41) is 8.97. The van der Waals surface area contributed by atoms with Gasteiger partial charge in [-0.3, -0.25) is 9.59 Å². The number of thiazole rings is 1. The molecule has 1 unspecified atom stereocenters. The van der Waals surface area contributed by atoms with Crippen LogP contribution in [0.1, 0.15) is 56.2 Å². The minimum atomic E-state index is -0.0221. The highest BCUT2D eigenvalue weighted by molar-refractivity contribution is 7.09. The molecule has 0 radical (unpaired) electrons. The molecule has 0 spiro atoms. The molecule has 0 bridgehead atoms. The first-order valence-electron chi connectivity index (χ1n) is 8.56. The standard InChI is InChI=1S/C17H24N4O2S/c1-11(2)21-15(22)7-6-14(19-21)17(23)20-8-4-5-13(9-20)16-18-12(3)10-24-16/h10-11,13H,4-9H2,1-3H3. The first-order valence-corrected chi connectivity index (χ1v) is 9.44. The molecule has 3 rings (SSSR count). The molecule has 24 heavy (non-hydrogen) atoms. The number of hydrogen-bond acceptors (Lipinski definition) is 5. The van der Waals surface area contributed by atoms with E-state index in [-0.39, 0.29) is 17.9 Å². The number of hydrazone groups is 1. The average molecular weight is 348 g/mol. The van der Waals surface area contributed by atoms with E-state index in [1.165, 1.54) is 5.01 Å². The third kappa shape index (κ3) is 3.50. The number of likely N-dealkylation sites (tertiary alicyclic amines) is 1. The molecule has 1 aromatic heterocycles. The molecular formula is C17H24N4O2S. The van der Waals surface area contributed by atoms with Gasteiger partial charge in [0.05, 0.1) is 5.01 Å². The highest BCUT2D eigenvalue weighted by atomic mass is 32.1. The lowest BCUT2D eigenvalue weighted by molar-refractivity contribution is -0.133. The van der Waals surface area contributed by atoms with Crippen molar-refractivity contribution in [2.75, 3.05) is 13.1 Å². The predicted molar refractivity (Wildman–Crippen MR) is 94.1 cm³/mol. The summed E-state index contributed by atoms with van der Waals surface area (Å²) in [6.07, 6.45) is 2.86. The SMILES string of the molecule is Cc1csc(C2CCCN(C(=O)C3=NN(C(C)C)C(=O)CC3)C2)n1. The topological polar surface area (TPSA) is 65.9 Å². The summed E-state index contributed by atoms with van der Waals surface area (Å²) in [5.41, 5.74) is 1.56. The molecule has 2 amide bonds. The van der Waals surface area contributed by atoms with Gasteiger partial charge >= 0.3 is 0 Å². The van der Waals surface area contributed by atoms with Crippen LogP contribution < -0.4 is 0 Å². The van der Waals surface area contributed by atoms with E-state index >= 15 is 0 Å². The largest absolute Gasteiger partial charge is 0.337 e. The number of hydrogen-bond donors (Lipinski definition) is 0. The molecule has 1 fully saturated rings. The first kappa shape index (κ1) is 17.1. The fourth-order valence-corrected chi connectivity index (χ4v) is 4.16. The van der Waals surface area contributed by atoms with Gasteiger partial charge in [-0.15, -0.1) is 11.3 Å². The van der Waals surface area contributed by atoms with Crippen LogP contribution in [0, 0.1) is 6.92 Å². The van der Waals surface area contributed by atoms with Crippen LogP contribution in [-0.2, 0) is 9.59 Å². The van der Waals surface area contributed by atoms with Crippen molar-refractivity contribution in [1.29, 1.82) is 0 Å². The van der Waals surface area contributed by atoms with E-state index in [2.05, 4.69) is 15.5 Å². The van der Waals surface area contributed by atoms with Crippen LogP contribution in [0.3, 0.4) is 0 Å². The van der Waals surface area contributed by atoms with Gasteiger partial charge in [-0.2, -0.15) is 5.10 Å². The number of carbonyl (C=O) groups excluding carboxylic acids is 2. The molecule has 0 aromatic carbocycles. The van der Waals surface area contributed by atoms with Crippen molar-refractivity contribution in [2.45, 2.75) is 58.4 Å². The van der Waals surface area contributed by atoms with Crippen LogP contribution in [-0.4, -0.2) is 51.6 Å². The van der Waals surface area contributed by atoms with E-state index in [4.69, 9.17) is 0 Å². The van der Waals surface area contributed by atoms with Crippen molar-refractivity contribution in [3.63, 3.8) is 0 Å². The van der Waals surface area contributed by atoms with Gasteiger partial charge in [-0.1, -0.05) is 0 Å². The van der Waals surface area contributed by atoms with Crippen LogP contribution in [0.25, 0.3) is 0 Å². The van der Waals surface area contributed by atoms with Crippen LogP contribution in [0.4, 0.5) is 0 Å². The molecule has 130 valence electrons. The van der Waals surface area contributed by atoms with Crippen molar-refractivity contribution in [1.82, 2.24) is 14.9 Å². The van der Waals surface area contributed by atoms with E-state index < -0.39 is 0 Å². The Morgan fingerprint density at radius 3 is 2.83 bits per heavy atom. The lowest BCUT2D eigenvalue weighted by Crippen LogP contribution is -2.46. The molecule has 1 aromatic rings. The monoisotopic (exact) mass is 348 g/mol. The van der Waals surface area contributed by atoms with Crippen molar-refractivity contribution in [3.8, 4) is 0 Å². The number of rotatable bonds is 3. The van der Waals surface area contributed by atoms with E-state index in [1.807, 2.05) is 25.7 Å². The van der Waals surface area contributed by atoms with Gasteiger partial charge in [0, 0.05) is 49.0 Å². The highest BCUT2D eigenvalue weighted by Gasteiger charge is 2.32. The van der Waals surface area contributed by atoms with E-state index in [0.29, 0.717) is 31.0 Å². The third-order valence-corrected chi connectivity index (χ3v) is 5.62. The highest BCUT2D eigenvalue weighted by Crippen LogP contribution is 2.29. The van der Waals surface area contributed by atoms with E-state index in [1.54, 1.807) is 11.3 Å². The average Bonchev–Trinajstić information content (AvgIpc) is 3.01. The Morgan fingerprint density at radius 1 is 1.38 bits per heavy atom. The molecule has 1 saturated heterocycles. The maximum Gasteiger partial charge on any atom is 0.270 e. The fourth-order valence-electron chi connectivity index (χ4n) is 3.23. The second kappa shape index (κ2) is 7.01. The minimum Gasteiger partial charge on any atom is -0.337 e. The molecule has 3 heterocycles. The summed E-state index contributed by atoms with van der Waals surface area (Å²) in [6.45, 7) is 7.28. The number of piperidine rings is 1.